The largest absolute Gasteiger partial charge is 0.497 e. The Balaban J connectivity index is 2.07. The van der Waals surface area contributed by atoms with Gasteiger partial charge in [0.2, 0.25) is 0 Å². The number of carboxylic acids is 1. The summed E-state index contributed by atoms with van der Waals surface area (Å²) >= 11 is 0. The number of aliphatic carboxylic acids is 1. The van der Waals surface area contributed by atoms with Gasteiger partial charge >= 0.3 is 5.97 Å². The number of aromatic nitrogens is 3. The van der Waals surface area contributed by atoms with Crippen LogP contribution in [0.3, 0.4) is 0 Å². The van der Waals surface area contributed by atoms with Crippen LogP contribution in [0.15, 0.2) is 48.5 Å². The first-order valence-corrected chi connectivity index (χ1v) is 7.47. The Hall–Kier alpha value is -3.48. The molecule has 0 saturated heterocycles. The zero-order chi connectivity index (χ0) is 17.8. The van der Waals surface area contributed by atoms with Gasteiger partial charge in [0, 0.05) is 16.7 Å². The number of hydrogen-bond acceptors (Lipinski definition) is 5. The van der Waals surface area contributed by atoms with Crippen LogP contribution in [-0.4, -0.2) is 39.2 Å². The van der Waals surface area contributed by atoms with Gasteiger partial charge in [0.05, 0.1) is 7.11 Å². The zero-order valence-corrected chi connectivity index (χ0v) is 13.4. The second-order valence-corrected chi connectivity index (χ2v) is 5.28. The number of ether oxygens (including phenoxy) is 1. The smallest absolute Gasteiger partial charge is 0.325 e. The van der Waals surface area contributed by atoms with Crippen LogP contribution in [0, 0.1) is 0 Å². The van der Waals surface area contributed by atoms with E-state index in [4.69, 9.17) is 9.84 Å². The van der Waals surface area contributed by atoms with Crippen molar-refractivity contribution >= 4 is 12.3 Å². The molecule has 1 aromatic heterocycles. The molecule has 126 valence electrons. The minimum Gasteiger partial charge on any atom is -0.497 e. The minimum atomic E-state index is -1.03. The lowest BCUT2D eigenvalue weighted by molar-refractivity contribution is -0.137. The van der Waals surface area contributed by atoms with Crippen molar-refractivity contribution < 1.29 is 19.4 Å². The lowest BCUT2D eigenvalue weighted by Gasteiger charge is -2.03. The maximum atomic E-state index is 11.1. The van der Waals surface area contributed by atoms with E-state index in [2.05, 4.69) is 10.1 Å². The van der Waals surface area contributed by atoms with Gasteiger partial charge in [-0.1, -0.05) is 18.2 Å². The summed E-state index contributed by atoms with van der Waals surface area (Å²) in [5.74, 6) is 0.457. The molecule has 1 heterocycles. The Morgan fingerprint density at radius 3 is 2.60 bits per heavy atom. The SMILES string of the molecule is COc1ccc(-c2nc(-c3cccc(C=O)c3)n(CC(=O)O)n2)cc1. The van der Waals surface area contributed by atoms with E-state index in [0.29, 0.717) is 28.5 Å². The fourth-order valence-electron chi connectivity index (χ4n) is 2.41. The summed E-state index contributed by atoms with van der Waals surface area (Å²) in [6.45, 7) is -0.330. The van der Waals surface area contributed by atoms with Crippen LogP contribution in [0.25, 0.3) is 22.8 Å². The summed E-state index contributed by atoms with van der Waals surface area (Å²) in [5.41, 5.74) is 1.84. The molecule has 7 nitrogen and oxygen atoms in total. The summed E-state index contributed by atoms with van der Waals surface area (Å²) in [6.07, 6.45) is 0.728. The summed E-state index contributed by atoms with van der Waals surface area (Å²) < 4.78 is 6.44. The number of methoxy groups -OCH3 is 1. The van der Waals surface area contributed by atoms with Gasteiger partial charge in [-0.2, -0.15) is 0 Å². The lowest BCUT2D eigenvalue weighted by Crippen LogP contribution is -2.11. The van der Waals surface area contributed by atoms with E-state index in [1.54, 1.807) is 55.6 Å². The Morgan fingerprint density at radius 2 is 1.96 bits per heavy atom. The normalized spacial score (nSPS) is 10.4. The Labute approximate surface area is 143 Å². The Kier molecular flexibility index (Phi) is 4.56. The average molecular weight is 337 g/mol. The highest BCUT2D eigenvalue weighted by Gasteiger charge is 2.16. The fraction of sp³-hybridized carbons (Fsp3) is 0.111. The molecule has 0 amide bonds. The van der Waals surface area contributed by atoms with Crippen molar-refractivity contribution in [2.24, 2.45) is 0 Å². The second kappa shape index (κ2) is 6.96. The maximum Gasteiger partial charge on any atom is 0.325 e. The fourth-order valence-corrected chi connectivity index (χ4v) is 2.41. The van der Waals surface area contributed by atoms with Crippen LogP contribution >= 0.6 is 0 Å². The van der Waals surface area contributed by atoms with E-state index < -0.39 is 5.97 Å². The maximum absolute atomic E-state index is 11.1. The van der Waals surface area contributed by atoms with Crippen LogP contribution in [0.1, 0.15) is 10.4 Å². The first-order valence-electron chi connectivity index (χ1n) is 7.47. The third-order valence-corrected chi connectivity index (χ3v) is 3.59. The topological polar surface area (TPSA) is 94.3 Å². The number of rotatable bonds is 6. The molecule has 3 rings (SSSR count). The van der Waals surface area contributed by atoms with Crippen molar-refractivity contribution in [3.05, 3.63) is 54.1 Å². The van der Waals surface area contributed by atoms with E-state index in [1.807, 2.05) is 0 Å². The van der Waals surface area contributed by atoms with Gasteiger partial charge in [-0.15, -0.1) is 5.10 Å². The first-order chi connectivity index (χ1) is 12.1. The lowest BCUT2D eigenvalue weighted by atomic mass is 10.1. The molecule has 0 fully saturated rings. The van der Waals surface area contributed by atoms with Gasteiger partial charge in [-0.05, 0) is 30.3 Å². The number of nitrogens with zero attached hydrogens (tertiary/aromatic N) is 3. The van der Waals surface area contributed by atoms with E-state index in [-0.39, 0.29) is 6.54 Å². The van der Waals surface area contributed by atoms with Crippen LogP contribution < -0.4 is 4.74 Å². The van der Waals surface area contributed by atoms with Crippen LogP contribution in [0.4, 0.5) is 0 Å². The number of aldehydes is 1. The van der Waals surface area contributed by atoms with Crippen molar-refractivity contribution in [1.29, 1.82) is 0 Å². The monoisotopic (exact) mass is 337 g/mol. The van der Waals surface area contributed by atoms with E-state index >= 15 is 0 Å². The molecule has 1 N–H and O–H groups in total. The summed E-state index contributed by atoms with van der Waals surface area (Å²) in [7, 11) is 1.58. The second-order valence-electron chi connectivity index (χ2n) is 5.28. The van der Waals surface area contributed by atoms with E-state index in [1.165, 1.54) is 4.68 Å². The van der Waals surface area contributed by atoms with Crippen LogP contribution in [0.2, 0.25) is 0 Å². The van der Waals surface area contributed by atoms with Crippen molar-refractivity contribution in [3.63, 3.8) is 0 Å². The number of carbonyl (C=O) groups excluding carboxylic acids is 1. The molecular formula is C18H15N3O4. The third-order valence-electron chi connectivity index (χ3n) is 3.59. The Morgan fingerprint density at radius 1 is 1.20 bits per heavy atom. The molecule has 0 aliphatic heterocycles. The molecule has 0 saturated carbocycles. The minimum absolute atomic E-state index is 0.330. The summed E-state index contributed by atoms with van der Waals surface area (Å²) in [6, 6.07) is 13.9. The number of carboxylic acid groups (broad SMARTS) is 1. The predicted octanol–water partition coefficient (Wildman–Crippen LogP) is 2.52. The summed E-state index contributed by atoms with van der Waals surface area (Å²) in [5, 5.41) is 13.4. The molecule has 0 bridgehead atoms. The zero-order valence-electron chi connectivity index (χ0n) is 13.4. The van der Waals surface area contributed by atoms with Gasteiger partial charge in [-0.3, -0.25) is 9.59 Å². The van der Waals surface area contributed by atoms with Crippen molar-refractivity contribution in [2.45, 2.75) is 6.54 Å². The van der Waals surface area contributed by atoms with Gasteiger partial charge < -0.3 is 9.84 Å². The quantitative estimate of drug-likeness (QED) is 0.695. The van der Waals surface area contributed by atoms with Crippen molar-refractivity contribution in [3.8, 4) is 28.5 Å². The molecule has 25 heavy (non-hydrogen) atoms. The molecule has 0 atom stereocenters. The van der Waals surface area contributed by atoms with Gasteiger partial charge in [-0.25, -0.2) is 9.67 Å². The van der Waals surface area contributed by atoms with Crippen LogP contribution in [0.5, 0.6) is 5.75 Å². The van der Waals surface area contributed by atoms with Gasteiger partial charge in [0.15, 0.2) is 11.6 Å². The summed E-state index contributed by atoms with van der Waals surface area (Å²) in [4.78, 5) is 26.6. The third kappa shape index (κ3) is 3.55. The molecule has 0 radical (unpaired) electrons. The van der Waals surface area contributed by atoms with E-state index in [9.17, 15) is 9.59 Å². The number of carbonyl (C=O) groups is 2. The first kappa shape index (κ1) is 16.4. The highest BCUT2D eigenvalue weighted by atomic mass is 16.5. The predicted molar refractivity (Wildman–Crippen MR) is 90.5 cm³/mol. The Bertz CT molecular complexity index is 916. The van der Waals surface area contributed by atoms with Crippen molar-refractivity contribution in [2.75, 3.05) is 7.11 Å². The molecule has 3 aromatic rings. The van der Waals surface area contributed by atoms with E-state index in [0.717, 1.165) is 11.8 Å². The average Bonchev–Trinajstić information content (AvgIpc) is 3.05. The number of hydrogen-bond donors (Lipinski definition) is 1. The van der Waals surface area contributed by atoms with Crippen molar-refractivity contribution in [1.82, 2.24) is 14.8 Å². The standard InChI is InChI=1S/C18H15N3O4/c1-25-15-7-5-13(6-8-15)17-19-18(21(20-17)10-16(23)24)14-4-2-3-12(9-14)11-22/h2-9,11H,10H2,1H3,(H,23,24). The molecule has 0 aliphatic carbocycles. The number of benzene rings is 2. The van der Waals surface area contributed by atoms with Crippen LogP contribution in [-0.2, 0) is 11.3 Å². The molecular weight excluding hydrogens is 322 g/mol. The van der Waals surface area contributed by atoms with Gasteiger partial charge in [0.1, 0.15) is 18.6 Å². The molecule has 0 spiro atoms. The molecule has 0 aliphatic rings. The highest BCUT2D eigenvalue weighted by Crippen LogP contribution is 2.24. The highest BCUT2D eigenvalue weighted by molar-refractivity contribution is 5.78. The van der Waals surface area contributed by atoms with Gasteiger partial charge in [0.25, 0.3) is 0 Å². The molecule has 0 unspecified atom stereocenters. The molecule has 2 aromatic carbocycles. The molecule has 7 heteroatoms.